The van der Waals surface area contributed by atoms with E-state index in [4.69, 9.17) is 0 Å². The van der Waals surface area contributed by atoms with Crippen LogP contribution in [0.5, 0.6) is 0 Å². The minimum absolute atomic E-state index is 0.244. The number of benzene rings is 1. The van der Waals surface area contributed by atoms with Crippen molar-refractivity contribution in [3.63, 3.8) is 0 Å². The average molecular weight is 286 g/mol. The Kier molecular flexibility index (Phi) is 4.71. The van der Waals surface area contributed by atoms with Gasteiger partial charge in [-0.3, -0.25) is 19.5 Å². The predicted octanol–water partition coefficient (Wildman–Crippen LogP) is 0.634. The number of hydrogen-bond donors (Lipinski definition) is 2. The smallest absolute Gasteiger partial charge is 0.261 e. The van der Waals surface area contributed by atoms with Crippen molar-refractivity contribution < 1.29 is 9.59 Å². The molecular weight excluding hydrogens is 268 g/mol. The number of rotatable bonds is 5. The first-order chi connectivity index (χ1) is 10.2. The first-order valence-corrected chi connectivity index (χ1v) is 6.69. The topological polar surface area (TPSA) is 73.8 Å². The van der Waals surface area contributed by atoms with Gasteiger partial charge in [-0.2, -0.15) is 0 Å². The zero-order valence-corrected chi connectivity index (χ0v) is 11.9. The molecular formula is C15H18N4O2. The van der Waals surface area contributed by atoms with Crippen molar-refractivity contribution in [2.24, 2.45) is 4.99 Å². The average Bonchev–Trinajstić information content (AvgIpc) is 2.76. The van der Waals surface area contributed by atoms with Gasteiger partial charge in [0.05, 0.1) is 11.1 Å². The van der Waals surface area contributed by atoms with Crippen molar-refractivity contribution in [2.75, 3.05) is 26.7 Å². The molecule has 2 rings (SSSR count). The highest BCUT2D eigenvalue weighted by Crippen LogP contribution is 2.21. The van der Waals surface area contributed by atoms with Gasteiger partial charge in [-0.1, -0.05) is 18.2 Å². The van der Waals surface area contributed by atoms with E-state index in [0.717, 1.165) is 0 Å². The fourth-order valence-corrected chi connectivity index (χ4v) is 2.12. The summed E-state index contributed by atoms with van der Waals surface area (Å²) in [5.41, 5.74) is 0.938. The standard InChI is InChI=1S/C15H18N4O2/c1-3-8-17-15(16-2)18-9-10-19-13(20)11-6-4-5-7-12(11)14(19)21/h3-7H,1,8-10H2,2H3,(H2,16,17,18). The van der Waals surface area contributed by atoms with Gasteiger partial charge < -0.3 is 10.6 Å². The lowest BCUT2D eigenvalue weighted by molar-refractivity contribution is 0.0657. The normalized spacial score (nSPS) is 14.1. The summed E-state index contributed by atoms with van der Waals surface area (Å²) < 4.78 is 0. The molecule has 1 aromatic carbocycles. The molecule has 6 nitrogen and oxygen atoms in total. The Morgan fingerprint density at radius 3 is 2.38 bits per heavy atom. The number of fused-ring (bicyclic) bond motifs is 1. The van der Waals surface area contributed by atoms with Gasteiger partial charge in [0.15, 0.2) is 5.96 Å². The maximum Gasteiger partial charge on any atom is 0.261 e. The zero-order valence-electron chi connectivity index (χ0n) is 11.9. The minimum Gasteiger partial charge on any atom is -0.355 e. The van der Waals surface area contributed by atoms with Crippen molar-refractivity contribution in [1.82, 2.24) is 15.5 Å². The first-order valence-electron chi connectivity index (χ1n) is 6.69. The molecule has 21 heavy (non-hydrogen) atoms. The SMILES string of the molecule is C=CCNC(=NC)NCCN1C(=O)c2ccccc2C1=O. The maximum atomic E-state index is 12.1. The molecule has 0 fully saturated rings. The van der Waals surface area contributed by atoms with Crippen LogP contribution in [0.4, 0.5) is 0 Å². The molecule has 1 aliphatic rings. The van der Waals surface area contributed by atoms with E-state index in [0.29, 0.717) is 36.7 Å². The van der Waals surface area contributed by atoms with Crippen LogP contribution in [0.25, 0.3) is 0 Å². The number of nitrogens with one attached hydrogen (secondary N) is 2. The quantitative estimate of drug-likeness (QED) is 0.360. The van der Waals surface area contributed by atoms with Crippen molar-refractivity contribution >= 4 is 17.8 Å². The van der Waals surface area contributed by atoms with Gasteiger partial charge >= 0.3 is 0 Å². The third kappa shape index (κ3) is 3.10. The summed E-state index contributed by atoms with van der Waals surface area (Å²) in [6.07, 6.45) is 1.72. The molecule has 0 aliphatic carbocycles. The number of guanidine groups is 1. The van der Waals surface area contributed by atoms with Crippen LogP contribution in [0.1, 0.15) is 20.7 Å². The van der Waals surface area contributed by atoms with Crippen LogP contribution in [-0.2, 0) is 0 Å². The van der Waals surface area contributed by atoms with E-state index in [-0.39, 0.29) is 11.8 Å². The Balaban J connectivity index is 1.92. The van der Waals surface area contributed by atoms with Crippen LogP contribution >= 0.6 is 0 Å². The van der Waals surface area contributed by atoms with Gasteiger partial charge in [-0.15, -0.1) is 6.58 Å². The molecule has 1 heterocycles. The van der Waals surface area contributed by atoms with Crippen LogP contribution in [0.15, 0.2) is 41.9 Å². The van der Waals surface area contributed by atoms with Crippen LogP contribution in [0.3, 0.4) is 0 Å². The van der Waals surface area contributed by atoms with Gasteiger partial charge in [0.2, 0.25) is 0 Å². The number of amides is 2. The van der Waals surface area contributed by atoms with E-state index in [9.17, 15) is 9.59 Å². The molecule has 0 atom stereocenters. The second-order valence-electron chi connectivity index (χ2n) is 4.48. The van der Waals surface area contributed by atoms with E-state index >= 15 is 0 Å². The van der Waals surface area contributed by atoms with Crippen molar-refractivity contribution in [2.45, 2.75) is 0 Å². The molecule has 0 bridgehead atoms. The lowest BCUT2D eigenvalue weighted by Crippen LogP contribution is -2.42. The lowest BCUT2D eigenvalue weighted by atomic mass is 10.1. The van der Waals surface area contributed by atoms with Crippen molar-refractivity contribution in [3.05, 3.63) is 48.0 Å². The summed E-state index contributed by atoms with van der Waals surface area (Å²) in [5.74, 6) is 0.115. The zero-order chi connectivity index (χ0) is 15.2. The second kappa shape index (κ2) is 6.69. The molecule has 0 unspecified atom stereocenters. The Morgan fingerprint density at radius 2 is 1.86 bits per heavy atom. The fourth-order valence-electron chi connectivity index (χ4n) is 2.12. The molecule has 0 spiro atoms. The van der Waals surface area contributed by atoms with Crippen molar-refractivity contribution in [3.8, 4) is 0 Å². The number of carbonyl (C=O) groups is 2. The molecule has 6 heteroatoms. The highest BCUT2D eigenvalue weighted by atomic mass is 16.2. The number of imide groups is 1. The van der Waals surface area contributed by atoms with E-state index in [2.05, 4.69) is 22.2 Å². The molecule has 1 aliphatic heterocycles. The van der Waals surface area contributed by atoms with Gasteiger partial charge in [-0.05, 0) is 12.1 Å². The highest BCUT2D eigenvalue weighted by Gasteiger charge is 2.34. The number of carbonyl (C=O) groups excluding carboxylic acids is 2. The highest BCUT2D eigenvalue weighted by molar-refractivity contribution is 6.21. The van der Waals surface area contributed by atoms with E-state index in [1.54, 1.807) is 37.4 Å². The summed E-state index contributed by atoms with van der Waals surface area (Å²) in [4.78, 5) is 29.6. The summed E-state index contributed by atoms with van der Waals surface area (Å²) in [6.45, 7) is 4.93. The number of hydrogen-bond acceptors (Lipinski definition) is 3. The molecule has 110 valence electrons. The monoisotopic (exact) mass is 286 g/mol. The minimum atomic E-state index is -0.244. The van der Waals surface area contributed by atoms with Crippen molar-refractivity contribution in [1.29, 1.82) is 0 Å². The van der Waals surface area contributed by atoms with Gasteiger partial charge in [0.25, 0.3) is 11.8 Å². The maximum absolute atomic E-state index is 12.1. The van der Waals surface area contributed by atoms with Gasteiger partial charge in [0, 0.05) is 26.7 Å². The summed E-state index contributed by atoms with van der Waals surface area (Å²) in [5, 5.41) is 6.06. The molecule has 2 amide bonds. The van der Waals surface area contributed by atoms with Crippen LogP contribution in [0, 0.1) is 0 Å². The fraction of sp³-hybridized carbons (Fsp3) is 0.267. The Hall–Kier alpha value is -2.63. The third-order valence-electron chi connectivity index (χ3n) is 3.14. The molecule has 0 saturated carbocycles. The molecule has 0 saturated heterocycles. The number of nitrogens with zero attached hydrogens (tertiary/aromatic N) is 2. The first kappa shape index (κ1) is 14.8. The largest absolute Gasteiger partial charge is 0.355 e. The molecule has 2 N–H and O–H groups in total. The van der Waals surface area contributed by atoms with E-state index in [1.807, 2.05) is 0 Å². The summed E-state index contributed by atoms with van der Waals surface area (Å²) >= 11 is 0. The summed E-state index contributed by atoms with van der Waals surface area (Å²) in [6, 6.07) is 6.86. The van der Waals surface area contributed by atoms with E-state index in [1.165, 1.54) is 4.90 Å². The Morgan fingerprint density at radius 1 is 1.24 bits per heavy atom. The molecule has 0 aromatic heterocycles. The van der Waals surface area contributed by atoms with Crippen LogP contribution < -0.4 is 10.6 Å². The third-order valence-corrected chi connectivity index (χ3v) is 3.14. The Labute approximate surface area is 123 Å². The number of aliphatic imine (C=N–C) groups is 1. The molecule has 1 aromatic rings. The van der Waals surface area contributed by atoms with Crippen LogP contribution in [-0.4, -0.2) is 49.4 Å². The second-order valence-corrected chi connectivity index (χ2v) is 4.48. The summed E-state index contributed by atoms with van der Waals surface area (Å²) in [7, 11) is 1.65. The lowest BCUT2D eigenvalue weighted by Gasteiger charge is -2.15. The van der Waals surface area contributed by atoms with Crippen LogP contribution in [0.2, 0.25) is 0 Å². The van der Waals surface area contributed by atoms with Gasteiger partial charge in [0.1, 0.15) is 0 Å². The Bertz CT molecular complexity index is 560. The van der Waals surface area contributed by atoms with Gasteiger partial charge in [-0.25, -0.2) is 0 Å². The van der Waals surface area contributed by atoms with E-state index < -0.39 is 0 Å². The molecule has 0 radical (unpaired) electrons. The predicted molar refractivity (Wildman–Crippen MR) is 81.4 cm³/mol.